The highest BCUT2D eigenvalue weighted by atomic mass is 32.2. The third-order valence-corrected chi connectivity index (χ3v) is 7.73. The first-order valence-electron chi connectivity index (χ1n) is 10.6. The van der Waals surface area contributed by atoms with Crippen molar-refractivity contribution in [1.29, 1.82) is 0 Å². The maximum absolute atomic E-state index is 13.5. The monoisotopic (exact) mass is 478 g/mol. The van der Waals surface area contributed by atoms with Gasteiger partial charge in [0.15, 0.2) is 0 Å². The number of carbonyl (C=O) groups excluding carboxylic acids is 1. The van der Waals surface area contributed by atoms with Gasteiger partial charge in [-0.25, -0.2) is 18.4 Å². The number of aliphatic hydroxyl groups is 1. The van der Waals surface area contributed by atoms with Crippen LogP contribution in [0.2, 0.25) is 0 Å². The Morgan fingerprint density at radius 1 is 1.33 bits per heavy atom. The second kappa shape index (κ2) is 10.6. The van der Waals surface area contributed by atoms with Crippen molar-refractivity contribution in [2.24, 2.45) is 5.92 Å². The summed E-state index contributed by atoms with van der Waals surface area (Å²) in [5.41, 5.74) is 1.41. The molecule has 1 N–H and O–H groups in total. The lowest BCUT2D eigenvalue weighted by atomic mass is 10.0. The van der Waals surface area contributed by atoms with Crippen LogP contribution in [0, 0.1) is 5.92 Å². The Morgan fingerprint density at radius 2 is 2.03 bits per heavy atom. The van der Waals surface area contributed by atoms with Crippen molar-refractivity contribution in [3.8, 4) is 16.9 Å². The minimum atomic E-state index is -3.95. The molecule has 180 valence electrons. The standard InChI is InChI=1S/C22H30N4O6S/c1-15-10-26(16(2)12-27)33(29,30)21-6-5-17(18-8-23-14-24-9-18)7-19(21)32-20(15)11-25(3)22(28)13-31-4/h5-9,14-16,20,27H,10-13H2,1-4H3/t15-,16-,20+/m0/s1. The zero-order valence-corrected chi connectivity index (χ0v) is 20.0. The highest BCUT2D eigenvalue weighted by molar-refractivity contribution is 7.89. The predicted octanol–water partition coefficient (Wildman–Crippen LogP) is 1.02. The lowest BCUT2D eigenvalue weighted by molar-refractivity contribution is -0.135. The molecule has 0 saturated carbocycles. The number of benzene rings is 1. The minimum absolute atomic E-state index is 0.00571. The number of nitrogens with zero attached hydrogens (tertiary/aromatic N) is 4. The van der Waals surface area contributed by atoms with Gasteiger partial charge >= 0.3 is 0 Å². The van der Waals surface area contributed by atoms with E-state index in [1.54, 1.807) is 38.5 Å². The van der Waals surface area contributed by atoms with Crippen LogP contribution in [0.15, 0.2) is 41.8 Å². The fraction of sp³-hybridized carbons (Fsp3) is 0.500. The van der Waals surface area contributed by atoms with E-state index in [0.717, 1.165) is 0 Å². The average molecular weight is 479 g/mol. The van der Waals surface area contributed by atoms with Crippen LogP contribution in [-0.4, -0.2) is 91.2 Å². The number of likely N-dealkylation sites (N-methyl/N-ethyl adjacent to an activating group) is 1. The molecule has 1 aliphatic rings. The fourth-order valence-corrected chi connectivity index (χ4v) is 5.50. The van der Waals surface area contributed by atoms with Gasteiger partial charge in [0.1, 0.15) is 29.7 Å². The fourth-order valence-electron chi connectivity index (χ4n) is 3.68. The number of aromatic nitrogens is 2. The summed E-state index contributed by atoms with van der Waals surface area (Å²) in [6.07, 6.45) is 4.17. The Morgan fingerprint density at radius 3 is 2.67 bits per heavy atom. The summed E-state index contributed by atoms with van der Waals surface area (Å²) in [4.78, 5) is 21.8. The number of hydrogen-bond acceptors (Lipinski definition) is 8. The van der Waals surface area contributed by atoms with Gasteiger partial charge in [0.05, 0.1) is 13.2 Å². The molecule has 0 saturated heterocycles. The highest BCUT2D eigenvalue weighted by Crippen LogP contribution is 2.36. The molecule has 0 radical (unpaired) electrons. The van der Waals surface area contributed by atoms with Gasteiger partial charge in [-0.05, 0) is 24.6 Å². The second-order valence-electron chi connectivity index (χ2n) is 8.24. The summed E-state index contributed by atoms with van der Waals surface area (Å²) in [5.74, 6) is -0.307. The zero-order chi connectivity index (χ0) is 24.2. The number of ether oxygens (including phenoxy) is 2. The van der Waals surface area contributed by atoms with Crippen LogP contribution < -0.4 is 4.74 Å². The van der Waals surface area contributed by atoms with Crippen molar-refractivity contribution in [3.63, 3.8) is 0 Å². The van der Waals surface area contributed by atoms with Crippen LogP contribution in [-0.2, 0) is 19.6 Å². The molecule has 1 aromatic heterocycles. The Bertz CT molecular complexity index is 1070. The highest BCUT2D eigenvalue weighted by Gasteiger charge is 2.38. The molecule has 2 heterocycles. The molecular formula is C22H30N4O6S. The number of aliphatic hydroxyl groups excluding tert-OH is 1. The van der Waals surface area contributed by atoms with E-state index in [4.69, 9.17) is 9.47 Å². The summed E-state index contributed by atoms with van der Waals surface area (Å²) >= 11 is 0. The van der Waals surface area contributed by atoms with E-state index in [-0.39, 0.29) is 48.8 Å². The topological polar surface area (TPSA) is 122 Å². The van der Waals surface area contributed by atoms with Crippen LogP contribution >= 0.6 is 0 Å². The van der Waals surface area contributed by atoms with Gasteiger partial charge in [0.25, 0.3) is 0 Å². The number of hydrogen-bond donors (Lipinski definition) is 1. The normalized spacial score (nSPS) is 21.2. The predicted molar refractivity (Wildman–Crippen MR) is 121 cm³/mol. The summed E-state index contributed by atoms with van der Waals surface area (Å²) < 4.78 is 39.5. The molecule has 0 bridgehead atoms. The summed E-state index contributed by atoms with van der Waals surface area (Å²) in [7, 11) is -0.844. The molecule has 0 aliphatic carbocycles. The van der Waals surface area contributed by atoms with E-state index in [2.05, 4.69) is 9.97 Å². The molecule has 33 heavy (non-hydrogen) atoms. The Hall–Kier alpha value is -2.60. The number of methoxy groups -OCH3 is 1. The summed E-state index contributed by atoms with van der Waals surface area (Å²) in [6.45, 7) is 3.52. The van der Waals surface area contributed by atoms with Crippen molar-refractivity contribution in [2.75, 3.05) is 40.5 Å². The smallest absolute Gasteiger partial charge is 0.248 e. The zero-order valence-electron chi connectivity index (χ0n) is 19.2. The van der Waals surface area contributed by atoms with Crippen LogP contribution in [0.1, 0.15) is 13.8 Å². The first-order valence-corrected chi connectivity index (χ1v) is 12.0. The van der Waals surface area contributed by atoms with Crippen LogP contribution in [0.3, 0.4) is 0 Å². The first kappa shape index (κ1) is 25.0. The largest absolute Gasteiger partial charge is 0.487 e. The molecule has 2 aromatic rings. The summed E-state index contributed by atoms with van der Waals surface area (Å²) in [5, 5.41) is 9.73. The van der Waals surface area contributed by atoms with E-state index >= 15 is 0 Å². The van der Waals surface area contributed by atoms with E-state index in [9.17, 15) is 18.3 Å². The molecule has 1 aliphatic heterocycles. The quantitative estimate of drug-likeness (QED) is 0.626. The number of amides is 1. The van der Waals surface area contributed by atoms with Crippen molar-refractivity contribution in [2.45, 2.75) is 30.9 Å². The van der Waals surface area contributed by atoms with Gasteiger partial charge in [-0.3, -0.25) is 4.79 Å². The van der Waals surface area contributed by atoms with E-state index < -0.39 is 22.2 Å². The number of fused-ring (bicyclic) bond motifs is 1. The van der Waals surface area contributed by atoms with Gasteiger partial charge in [-0.15, -0.1) is 0 Å². The number of carbonyl (C=O) groups is 1. The third-order valence-electron chi connectivity index (χ3n) is 5.71. The van der Waals surface area contributed by atoms with Crippen LogP contribution in [0.25, 0.3) is 11.1 Å². The van der Waals surface area contributed by atoms with Crippen molar-refractivity contribution < 1.29 is 27.8 Å². The molecule has 0 unspecified atom stereocenters. The van der Waals surface area contributed by atoms with Gasteiger partial charge in [-0.1, -0.05) is 13.0 Å². The second-order valence-corrected chi connectivity index (χ2v) is 10.1. The van der Waals surface area contributed by atoms with Crippen molar-refractivity contribution in [1.82, 2.24) is 19.2 Å². The molecular weight excluding hydrogens is 448 g/mol. The van der Waals surface area contributed by atoms with E-state index in [1.165, 1.54) is 28.7 Å². The van der Waals surface area contributed by atoms with Gasteiger partial charge in [0, 0.05) is 50.6 Å². The molecule has 1 amide bonds. The molecule has 11 heteroatoms. The Kier molecular flexibility index (Phi) is 8.01. The maximum atomic E-state index is 13.5. The maximum Gasteiger partial charge on any atom is 0.248 e. The lowest BCUT2D eigenvalue weighted by Gasteiger charge is -2.37. The molecule has 0 spiro atoms. The number of sulfonamides is 1. The third kappa shape index (κ3) is 5.49. The lowest BCUT2D eigenvalue weighted by Crippen LogP contribution is -2.50. The van der Waals surface area contributed by atoms with Crippen LogP contribution in [0.4, 0.5) is 0 Å². The van der Waals surface area contributed by atoms with Crippen LogP contribution in [0.5, 0.6) is 5.75 Å². The van der Waals surface area contributed by atoms with Gasteiger partial charge in [0.2, 0.25) is 15.9 Å². The van der Waals surface area contributed by atoms with E-state index in [1.807, 2.05) is 6.92 Å². The van der Waals surface area contributed by atoms with E-state index in [0.29, 0.717) is 11.1 Å². The molecule has 3 rings (SSSR count). The average Bonchev–Trinajstić information content (AvgIpc) is 2.81. The number of rotatable bonds is 7. The first-order chi connectivity index (χ1) is 15.7. The van der Waals surface area contributed by atoms with Crippen molar-refractivity contribution >= 4 is 15.9 Å². The molecule has 3 atom stereocenters. The van der Waals surface area contributed by atoms with Gasteiger partial charge in [-0.2, -0.15) is 4.31 Å². The van der Waals surface area contributed by atoms with Crippen molar-refractivity contribution in [3.05, 3.63) is 36.9 Å². The summed E-state index contributed by atoms with van der Waals surface area (Å²) in [6, 6.07) is 4.19. The molecule has 0 fully saturated rings. The Labute approximate surface area is 194 Å². The molecule has 1 aromatic carbocycles. The SMILES string of the molecule is COCC(=O)N(C)C[C@H]1Oc2cc(-c3cncnc3)ccc2S(=O)(=O)N([C@@H](C)CO)C[C@@H]1C. The Balaban J connectivity index is 2.08. The molecule has 10 nitrogen and oxygen atoms in total. The minimum Gasteiger partial charge on any atom is -0.487 e. The van der Waals surface area contributed by atoms with Gasteiger partial charge < -0.3 is 19.5 Å².